The summed E-state index contributed by atoms with van der Waals surface area (Å²) in [5, 5.41) is 3.55. The Balaban J connectivity index is 2.74. The van der Waals surface area contributed by atoms with E-state index in [0.717, 1.165) is 36.8 Å². The Morgan fingerprint density at radius 2 is 1.92 bits per heavy atom. The van der Waals surface area contributed by atoms with Crippen LogP contribution in [0, 0.1) is 0 Å². The lowest BCUT2D eigenvalue weighted by Gasteiger charge is -2.21. The number of amides is 1. The monoisotopic (exact) mass is 374 g/mol. The molecule has 1 heterocycles. The molecule has 25 heavy (non-hydrogen) atoms. The summed E-state index contributed by atoms with van der Waals surface area (Å²) in [6.45, 7) is 7.70. The molecule has 0 unspecified atom stereocenters. The molecule has 1 aromatic heterocycles. The zero-order valence-electron chi connectivity index (χ0n) is 15.5. The Morgan fingerprint density at radius 3 is 2.56 bits per heavy atom. The standard InChI is InChI=1S/C16H30N4O4S/c1-4-7-8-9-11-19(10-5-2)16(21)20-14-17-15(18-20)25(22,23)13-12-24-6-3/h14H,4-13H2,1-3H3. The number of nitrogens with zero attached hydrogens (tertiary/aromatic N) is 4. The van der Waals surface area contributed by atoms with Crippen LogP contribution in [0.3, 0.4) is 0 Å². The number of aromatic nitrogens is 3. The Labute approximate surface area is 150 Å². The van der Waals surface area contributed by atoms with Gasteiger partial charge in [-0.05, 0) is 19.8 Å². The molecule has 0 N–H and O–H groups in total. The second-order valence-corrected chi connectivity index (χ2v) is 7.82. The van der Waals surface area contributed by atoms with Gasteiger partial charge in [0, 0.05) is 19.7 Å². The number of hydrogen-bond donors (Lipinski definition) is 0. The normalized spacial score (nSPS) is 11.6. The van der Waals surface area contributed by atoms with Crippen LogP contribution in [0.1, 0.15) is 52.9 Å². The summed E-state index contributed by atoms with van der Waals surface area (Å²) >= 11 is 0. The third kappa shape index (κ3) is 7.11. The molecule has 1 amide bonds. The zero-order valence-corrected chi connectivity index (χ0v) is 16.3. The van der Waals surface area contributed by atoms with Crippen molar-refractivity contribution in [2.45, 2.75) is 58.0 Å². The van der Waals surface area contributed by atoms with E-state index in [0.29, 0.717) is 19.7 Å². The summed E-state index contributed by atoms with van der Waals surface area (Å²) in [4.78, 5) is 18.1. The predicted molar refractivity (Wildman–Crippen MR) is 95.4 cm³/mol. The van der Waals surface area contributed by atoms with Crippen molar-refractivity contribution in [3.63, 3.8) is 0 Å². The Kier molecular flexibility index (Phi) is 9.66. The third-order valence-electron chi connectivity index (χ3n) is 3.69. The molecule has 8 nitrogen and oxygen atoms in total. The van der Waals surface area contributed by atoms with Gasteiger partial charge in [0.25, 0.3) is 5.16 Å². The van der Waals surface area contributed by atoms with Crippen molar-refractivity contribution >= 4 is 15.9 Å². The highest BCUT2D eigenvalue weighted by Gasteiger charge is 2.23. The number of ether oxygens (including phenoxy) is 1. The smallest absolute Gasteiger partial charge is 0.346 e. The molecule has 0 fully saturated rings. The van der Waals surface area contributed by atoms with Crippen LogP contribution in [0.4, 0.5) is 4.79 Å². The second kappa shape index (κ2) is 11.2. The fourth-order valence-corrected chi connectivity index (χ4v) is 3.27. The van der Waals surface area contributed by atoms with Crippen LogP contribution in [-0.2, 0) is 14.6 Å². The lowest BCUT2D eigenvalue weighted by molar-refractivity contribution is 0.163. The summed E-state index contributed by atoms with van der Waals surface area (Å²) in [5.74, 6) is -0.200. The van der Waals surface area contributed by atoms with Crippen molar-refractivity contribution in [3.8, 4) is 0 Å². The van der Waals surface area contributed by atoms with Crippen LogP contribution in [0.15, 0.2) is 11.5 Å². The highest BCUT2D eigenvalue weighted by Crippen LogP contribution is 2.07. The number of sulfone groups is 1. The minimum Gasteiger partial charge on any atom is -0.381 e. The first-order chi connectivity index (χ1) is 12.0. The minimum absolute atomic E-state index is 0.0840. The maximum absolute atomic E-state index is 12.6. The van der Waals surface area contributed by atoms with Crippen LogP contribution in [-0.4, -0.2) is 66.2 Å². The SMILES string of the molecule is CCCCCCN(CCC)C(=O)n1cnc(S(=O)(=O)CCOCC)n1. The van der Waals surface area contributed by atoms with Crippen molar-refractivity contribution in [1.29, 1.82) is 0 Å². The topological polar surface area (TPSA) is 94.4 Å². The lowest BCUT2D eigenvalue weighted by atomic mass is 10.2. The van der Waals surface area contributed by atoms with Crippen LogP contribution in [0.5, 0.6) is 0 Å². The maximum atomic E-state index is 12.6. The van der Waals surface area contributed by atoms with Crippen molar-refractivity contribution in [1.82, 2.24) is 19.7 Å². The number of hydrogen-bond acceptors (Lipinski definition) is 6. The van der Waals surface area contributed by atoms with Gasteiger partial charge in [-0.2, -0.15) is 4.68 Å². The Morgan fingerprint density at radius 1 is 1.16 bits per heavy atom. The van der Waals surface area contributed by atoms with E-state index in [4.69, 9.17) is 4.74 Å². The van der Waals surface area contributed by atoms with Crippen LogP contribution in [0.2, 0.25) is 0 Å². The molecule has 0 bridgehead atoms. The molecule has 0 atom stereocenters. The van der Waals surface area contributed by atoms with Crippen molar-refractivity contribution in [2.75, 3.05) is 32.1 Å². The second-order valence-electron chi connectivity index (χ2n) is 5.82. The number of carbonyl (C=O) groups is 1. The van der Waals surface area contributed by atoms with E-state index >= 15 is 0 Å². The third-order valence-corrected chi connectivity index (χ3v) is 5.14. The molecule has 1 rings (SSSR count). The molecule has 0 aromatic carbocycles. The van der Waals surface area contributed by atoms with Gasteiger partial charge in [0.2, 0.25) is 9.84 Å². The first-order valence-electron chi connectivity index (χ1n) is 8.97. The number of carbonyl (C=O) groups excluding carboxylic acids is 1. The van der Waals surface area contributed by atoms with Crippen molar-refractivity contribution in [3.05, 3.63) is 6.33 Å². The molecule has 0 aliphatic carbocycles. The molecule has 9 heteroatoms. The van der Waals surface area contributed by atoms with Gasteiger partial charge in [0.1, 0.15) is 6.33 Å². The van der Waals surface area contributed by atoms with Crippen LogP contribution >= 0.6 is 0 Å². The summed E-state index contributed by atoms with van der Waals surface area (Å²) in [6, 6.07) is -0.336. The van der Waals surface area contributed by atoms with E-state index in [2.05, 4.69) is 17.0 Å². The molecular formula is C16H30N4O4S. The Hall–Kier alpha value is -1.48. The largest absolute Gasteiger partial charge is 0.381 e. The van der Waals surface area contributed by atoms with Gasteiger partial charge >= 0.3 is 6.03 Å². The van der Waals surface area contributed by atoms with E-state index in [1.54, 1.807) is 11.8 Å². The quantitative estimate of drug-likeness (QED) is 0.521. The van der Waals surface area contributed by atoms with E-state index < -0.39 is 9.84 Å². The predicted octanol–water partition coefficient (Wildman–Crippen LogP) is 2.35. The molecule has 0 radical (unpaired) electrons. The van der Waals surface area contributed by atoms with Gasteiger partial charge in [-0.15, -0.1) is 5.10 Å². The molecule has 0 aliphatic rings. The summed E-state index contributed by atoms with van der Waals surface area (Å²) in [6.07, 6.45) is 6.26. The van der Waals surface area contributed by atoms with Crippen molar-refractivity contribution < 1.29 is 17.9 Å². The van der Waals surface area contributed by atoms with Gasteiger partial charge in [-0.1, -0.05) is 33.1 Å². The summed E-state index contributed by atoms with van der Waals surface area (Å²) in [7, 11) is -3.65. The summed E-state index contributed by atoms with van der Waals surface area (Å²) in [5.41, 5.74) is 0. The van der Waals surface area contributed by atoms with Gasteiger partial charge in [-0.25, -0.2) is 18.2 Å². The summed E-state index contributed by atoms with van der Waals surface area (Å²) < 4.78 is 30.4. The fraction of sp³-hybridized carbons (Fsp3) is 0.812. The van der Waals surface area contributed by atoms with Crippen LogP contribution in [0.25, 0.3) is 0 Å². The van der Waals surface area contributed by atoms with E-state index in [1.165, 1.54) is 6.33 Å². The lowest BCUT2D eigenvalue weighted by Crippen LogP contribution is -2.36. The maximum Gasteiger partial charge on any atom is 0.346 e. The average molecular weight is 375 g/mol. The van der Waals surface area contributed by atoms with Gasteiger partial charge in [0.05, 0.1) is 12.4 Å². The van der Waals surface area contributed by atoms with Crippen molar-refractivity contribution in [2.24, 2.45) is 0 Å². The minimum atomic E-state index is -3.65. The van der Waals surface area contributed by atoms with Gasteiger partial charge < -0.3 is 9.64 Å². The first-order valence-corrected chi connectivity index (χ1v) is 10.6. The fourth-order valence-electron chi connectivity index (χ4n) is 2.33. The number of unbranched alkanes of at least 4 members (excludes halogenated alkanes) is 3. The van der Waals surface area contributed by atoms with Gasteiger partial charge in [0.15, 0.2) is 0 Å². The molecule has 0 saturated heterocycles. The van der Waals surface area contributed by atoms with E-state index in [9.17, 15) is 13.2 Å². The number of rotatable bonds is 12. The molecule has 144 valence electrons. The van der Waals surface area contributed by atoms with Gasteiger partial charge in [-0.3, -0.25) is 0 Å². The van der Waals surface area contributed by atoms with E-state index in [-0.39, 0.29) is 23.5 Å². The molecule has 0 spiro atoms. The molecular weight excluding hydrogens is 344 g/mol. The Bertz CT molecular complexity index is 615. The molecule has 1 aromatic rings. The first kappa shape index (κ1) is 21.6. The molecule has 0 aliphatic heterocycles. The van der Waals surface area contributed by atoms with Crippen LogP contribution < -0.4 is 0 Å². The van der Waals surface area contributed by atoms with E-state index in [1.807, 2.05) is 6.92 Å². The zero-order chi connectivity index (χ0) is 18.7. The molecule has 0 saturated carbocycles. The average Bonchev–Trinajstić information content (AvgIpc) is 3.08. The highest BCUT2D eigenvalue weighted by molar-refractivity contribution is 7.91. The highest BCUT2D eigenvalue weighted by atomic mass is 32.2.